The molecule has 0 fully saturated rings. The summed E-state index contributed by atoms with van der Waals surface area (Å²) in [6, 6.07) is 4.64. The van der Waals surface area contributed by atoms with E-state index >= 15 is 0 Å². The zero-order valence-electron chi connectivity index (χ0n) is 10.2. The fraction of sp³-hybridized carbons (Fsp3) is 0.417. The van der Waals surface area contributed by atoms with E-state index in [1.54, 1.807) is 32.9 Å². The Morgan fingerprint density at radius 1 is 1.47 bits per heavy atom. The number of carbonyl (C=O) groups excluding carboxylic acids is 1. The number of halogens is 1. The van der Waals surface area contributed by atoms with Crippen LogP contribution in [-0.2, 0) is 11.3 Å². The molecule has 0 saturated heterocycles. The van der Waals surface area contributed by atoms with Crippen molar-refractivity contribution in [2.75, 3.05) is 5.32 Å². The fourth-order valence-electron chi connectivity index (χ4n) is 1.25. The zero-order valence-corrected chi connectivity index (χ0v) is 10.2. The normalized spacial score (nSPS) is 11.1. The first-order valence-electron chi connectivity index (χ1n) is 5.31. The average Bonchev–Trinajstić information content (AvgIpc) is 2.18. The lowest BCUT2D eigenvalue weighted by molar-refractivity contribution is 0.0635. The average molecular weight is 240 g/mol. The van der Waals surface area contributed by atoms with Crippen LogP contribution in [0.3, 0.4) is 0 Å². The second kappa shape index (κ2) is 5.14. The smallest absolute Gasteiger partial charge is 0.412 e. The van der Waals surface area contributed by atoms with E-state index < -0.39 is 17.5 Å². The van der Waals surface area contributed by atoms with Crippen LogP contribution in [0.4, 0.5) is 14.9 Å². The molecule has 0 spiro atoms. The molecule has 0 aliphatic carbocycles. The number of hydrogen-bond donors (Lipinski definition) is 2. The van der Waals surface area contributed by atoms with Crippen molar-refractivity contribution >= 4 is 11.8 Å². The number of benzene rings is 1. The molecule has 1 aromatic carbocycles. The van der Waals surface area contributed by atoms with Crippen LogP contribution in [0.1, 0.15) is 26.3 Å². The first kappa shape index (κ1) is 13.4. The van der Waals surface area contributed by atoms with Gasteiger partial charge < -0.3 is 10.5 Å². The molecule has 3 N–H and O–H groups in total. The summed E-state index contributed by atoms with van der Waals surface area (Å²) in [5.74, 6) is -0.527. The van der Waals surface area contributed by atoms with Gasteiger partial charge in [-0.15, -0.1) is 0 Å². The molecule has 0 aromatic heterocycles. The topological polar surface area (TPSA) is 64.3 Å². The number of nitrogens with one attached hydrogen (secondary N) is 1. The first-order chi connectivity index (χ1) is 7.83. The van der Waals surface area contributed by atoms with Gasteiger partial charge in [-0.25, -0.2) is 9.18 Å². The summed E-state index contributed by atoms with van der Waals surface area (Å²) >= 11 is 0. The van der Waals surface area contributed by atoms with E-state index in [2.05, 4.69) is 5.32 Å². The minimum atomic E-state index is -0.689. The monoisotopic (exact) mass is 240 g/mol. The van der Waals surface area contributed by atoms with Gasteiger partial charge in [0.05, 0.1) is 5.69 Å². The lowest BCUT2D eigenvalue weighted by Crippen LogP contribution is -2.27. The number of ether oxygens (including phenoxy) is 1. The lowest BCUT2D eigenvalue weighted by Gasteiger charge is -2.20. The van der Waals surface area contributed by atoms with Crippen LogP contribution in [-0.4, -0.2) is 11.7 Å². The molecule has 0 aliphatic rings. The summed E-state index contributed by atoms with van der Waals surface area (Å²) < 4.78 is 18.7. The number of carbonyl (C=O) groups is 1. The van der Waals surface area contributed by atoms with Crippen molar-refractivity contribution in [1.82, 2.24) is 0 Å². The quantitative estimate of drug-likeness (QED) is 0.835. The molecule has 0 unspecified atom stereocenters. The Labute approximate surface area is 100.0 Å². The minimum absolute atomic E-state index is 0.0715. The van der Waals surface area contributed by atoms with E-state index in [1.165, 1.54) is 6.07 Å². The molecule has 0 bridgehead atoms. The minimum Gasteiger partial charge on any atom is -0.444 e. The predicted octanol–water partition coefficient (Wildman–Crippen LogP) is 2.63. The Bertz CT molecular complexity index is 413. The molecule has 5 heteroatoms. The molecule has 0 aliphatic heterocycles. The third-order valence-corrected chi connectivity index (χ3v) is 1.93. The van der Waals surface area contributed by atoms with Gasteiger partial charge in [-0.2, -0.15) is 0 Å². The molecule has 94 valence electrons. The van der Waals surface area contributed by atoms with E-state index in [9.17, 15) is 9.18 Å². The Morgan fingerprint density at radius 2 is 2.12 bits per heavy atom. The highest BCUT2D eigenvalue weighted by molar-refractivity contribution is 5.85. The van der Waals surface area contributed by atoms with Crippen LogP contribution in [0.2, 0.25) is 0 Å². The van der Waals surface area contributed by atoms with Gasteiger partial charge in [-0.05, 0) is 26.8 Å². The lowest BCUT2D eigenvalue weighted by atomic mass is 10.2. The highest BCUT2D eigenvalue weighted by Gasteiger charge is 2.17. The van der Waals surface area contributed by atoms with E-state index in [0.717, 1.165) is 0 Å². The van der Waals surface area contributed by atoms with Gasteiger partial charge in [0.15, 0.2) is 5.82 Å². The summed E-state index contributed by atoms with van der Waals surface area (Å²) in [5, 5.41) is 2.35. The molecule has 17 heavy (non-hydrogen) atoms. The van der Waals surface area contributed by atoms with Crippen molar-refractivity contribution in [3.05, 3.63) is 29.6 Å². The van der Waals surface area contributed by atoms with Crippen LogP contribution in [0.5, 0.6) is 0 Å². The van der Waals surface area contributed by atoms with Crippen molar-refractivity contribution in [3.63, 3.8) is 0 Å². The largest absolute Gasteiger partial charge is 0.444 e. The van der Waals surface area contributed by atoms with E-state index in [0.29, 0.717) is 5.56 Å². The van der Waals surface area contributed by atoms with Gasteiger partial charge in [0.2, 0.25) is 0 Å². The Balaban J connectivity index is 2.79. The molecular formula is C12H17FN2O2. The number of amides is 1. The number of nitrogens with two attached hydrogens (primary N) is 1. The van der Waals surface area contributed by atoms with Crippen molar-refractivity contribution in [1.29, 1.82) is 0 Å². The number of anilines is 1. The summed E-state index contributed by atoms with van der Waals surface area (Å²) in [5.41, 5.74) is 5.17. The number of rotatable bonds is 2. The van der Waals surface area contributed by atoms with Gasteiger partial charge >= 0.3 is 6.09 Å². The molecule has 0 heterocycles. The highest BCUT2D eigenvalue weighted by atomic mass is 19.1. The van der Waals surface area contributed by atoms with E-state index in [1.807, 2.05) is 0 Å². The first-order valence-corrected chi connectivity index (χ1v) is 5.31. The van der Waals surface area contributed by atoms with Gasteiger partial charge in [0.1, 0.15) is 5.60 Å². The maximum atomic E-state index is 13.7. The van der Waals surface area contributed by atoms with Crippen LogP contribution in [0.15, 0.2) is 18.2 Å². The maximum Gasteiger partial charge on any atom is 0.412 e. The Morgan fingerprint density at radius 3 is 2.65 bits per heavy atom. The maximum absolute atomic E-state index is 13.7. The van der Waals surface area contributed by atoms with Crippen LogP contribution >= 0.6 is 0 Å². The second-order valence-corrected chi connectivity index (χ2v) is 4.61. The third-order valence-electron chi connectivity index (χ3n) is 1.93. The molecular weight excluding hydrogens is 223 g/mol. The Kier molecular flexibility index (Phi) is 4.07. The van der Waals surface area contributed by atoms with Crippen molar-refractivity contribution < 1.29 is 13.9 Å². The van der Waals surface area contributed by atoms with Crippen molar-refractivity contribution in [2.24, 2.45) is 5.73 Å². The molecule has 1 amide bonds. The summed E-state index contributed by atoms with van der Waals surface area (Å²) in [6.07, 6.45) is -0.689. The molecule has 1 rings (SSSR count). The molecule has 0 radical (unpaired) electrons. The van der Waals surface area contributed by atoms with Gasteiger partial charge in [-0.3, -0.25) is 5.32 Å². The van der Waals surface area contributed by atoms with E-state index in [4.69, 9.17) is 10.5 Å². The summed E-state index contributed by atoms with van der Waals surface area (Å²) in [7, 11) is 0. The summed E-state index contributed by atoms with van der Waals surface area (Å²) in [6.45, 7) is 5.29. The van der Waals surface area contributed by atoms with Gasteiger partial charge in [0.25, 0.3) is 0 Å². The third kappa shape index (κ3) is 4.03. The van der Waals surface area contributed by atoms with Crippen LogP contribution < -0.4 is 11.1 Å². The van der Waals surface area contributed by atoms with Crippen molar-refractivity contribution in [2.45, 2.75) is 32.9 Å². The van der Waals surface area contributed by atoms with E-state index in [-0.39, 0.29) is 12.2 Å². The summed E-state index contributed by atoms with van der Waals surface area (Å²) in [4.78, 5) is 11.4. The van der Waals surface area contributed by atoms with Crippen LogP contribution in [0, 0.1) is 5.82 Å². The second-order valence-electron chi connectivity index (χ2n) is 4.61. The predicted molar refractivity (Wildman–Crippen MR) is 64.1 cm³/mol. The molecule has 0 atom stereocenters. The molecule has 4 nitrogen and oxygen atoms in total. The Hall–Kier alpha value is -1.62. The van der Waals surface area contributed by atoms with Gasteiger partial charge in [0, 0.05) is 12.1 Å². The fourth-order valence-corrected chi connectivity index (χ4v) is 1.25. The van der Waals surface area contributed by atoms with Gasteiger partial charge in [-0.1, -0.05) is 12.1 Å². The zero-order chi connectivity index (χ0) is 13.1. The molecule has 0 saturated carbocycles. The van der Waals surface area contributed by atoms with Crippen LogP contribution in [0.25, 0.3) is 0 Å². The SMILES string of the molecule is CC(C)(C)OC(=O)Nc1cccc(CN)c1F. The highest BCUT2D eigenvalue weighted by Crippen LogP contribution is 2.18. The standard InChI is InChI=1S/C12H17FN2O2/c1-12(2,3)17-11(16)15-9-6-4-5-8(7-14)10(9)13/h4-6H,7,14H2,1-3H3,(H,15,16). The molecule has 1 aromatic rings. The van der Waals surface area contributed by atoms with Crippen molar-refractivity contribution in [3.8, 4) is 0 Å². The number of hydrogen-bond acceptors (Lipinski definition) is 3.